The molecular formula is C32H28BrClN2O6S. The van der Waals surface area contributed by atoms with Crippen LogP contribution in [0.1, 0.15) is 36.6 Å². The van der Waals surface area contributed by atoms with Crippen LogP contribution in [-0.4, -0.2) is 31.4 Å². The van der Waals surface area contributed by atoms with Gasteiger partial charge in [0, 0.05) is 22.2 Å². The molecule has 11 heteroatoms. The number of carbonyl (C=O) groups is 1. The van der Waals surface area contributed by atoms with Crippen molar-refractivity contribution in [3.05, 3.63) is 118 Å². The molecule has 0 N–H and O–H groups in total. The molecule has 1 aromatic heterocycles. The van der Waals surface area contributed by atoms with Gasteiger partial charge in [0.25, 0.3) is 5.56 Å². The maximum Gasteiger partial charge on any atom is 0.338 e. The van der Waals surface area contributed by atoms with Gasteiger partial charge >= 0.3 is 5.97 Å². The number of aromatic nitrogens is 1. The highest BCUT2D eigenvalue weighted by Gasteiger charge is 2.35. The Hall–Kier alpha value is -3.86. The Morgan fingerprint density at radius 2 is 1.88 bits per heavy atom. The van der Waals surface area contributed by atoms with Gasteiger partial charge in [0.2, 0.25) is 0 Å². The third kappa shape index (κ3) is 6.27. The Bertz CT molecular complexity index is 1920. The first-order chi connectivity index (χ1) is 20.7. The average molecular weight is 684 g/mol. The molecule has 1 atom stereocenters. The van der Waals surface area contributed by atoms with E-state index < -0.39 is 12.0 Å². The molecule has 1 aliphatic heterocycles. The molecule has 0 unspecified atom stereocenters. The zero-order valence-corrected chi connectivity index (χ0v) is 27.0. The van der Waals surface area contributed by atoms with Crippen LogP contribution in [0.2, 0.25) is 5.02 Å². The normalized spacial score (nSPS) is 14.7. The van der Waals surface area contributed by atoms with Crippen LogP contribution in [0, 0.1) is 0 Å². The highest BCUT2D eigenvalue weighted by molar-refractivity contribution is 9.10. The summed E-state index contributed by atoms with van der Waals surface area (Å²) in [7, 11) is 3.09. The summed E-state index contributed by atoms with van der Waals surface area (Å²) in [5, 5.41) is 0.637. The zero-order chi connectivity index (χ0) is 30.7. The maximum atomic E-state index is 14.0. The van der Waals surface area contributed by atoms with Crippen LogP contribution < -0.4 is 29.1 Å². The van der Waals surface area contributed by atoms with Crippen LogP contribution in [0.4, 0.5) is 0 Å². The van der Waals surface area contributed by atoms with Gasteiger partial charge in [-0.25, -0.2) is 9.79 Å². The number of nitrogens with zero attached hydrogens (tertiary/aromatic N) is 2. The van der Waals surface area contributed by atoms with Gasteiger partial charge in [-0.2, -0.15) is 0 Å². The number of hydrogen-bond acceptors (Lipinski definition) is 8. The zero-order valence-electron chi connectivity index (χ0n) is 23.9. The Kier molecular flexibility index (Phi) is 9.39. The van der Waals surface area contributed by atoms with E-state index in [9.17, 15) is 9.59 Å². The molecule has 0 saturated heterocycles. The lowest BCUT2D eigenvalue weighted by Gasteiger charge is -2.26. The minimum atomic E-state index is -0.814. The van der Waals surface area contributed by atoms with Crippen molar-refractivity contribution >= 4 is 50.9 Å². The molecule has 0 radical (unpaired) electrons. The van der Waals surface area contributed by atoms with Crippen molar-refractivity contribution in [1.29, 1.82) is 0 Å². The Labute approximate surface area is 265 Å². The van der Waals surface area contributed by atoms with E-state index in [0.717, 1.165) is 15.6 Å². The van der Waals surface area contributed by atoms with Gasteiger partial charge in [-0.05, 0) is 71.7 Å². The van der Waals surface area contributed by atoms with E-state index in [0.29, 0.717) is 49.5 Å². The summed E-state index contributed by atoms with van der Waals surface area (Å²) in [6, 6.07) is 17.5. The lowest BCUT2D eigenvalue weighted by atomic mass is 9.95. The smallest absolute Gasteiger partial charge is 0.338 e. The summed E-state index contributed by atoms with van der Waals surface area (Å²) in [6.45, 7) is 3.97. The van der Waals surface area contributed by atoms with Gasteiger partial charge in [-0.3, -0.25) is 9.36 Å². The SMILES string of the molecule is CCOC(=O)C1=C(C)N=c2s/c(=C\c3ccc(OCc4ccccc4Cl)c(Br)c3)c(=O)n2[C@@H]1c1ccc(OC)cc1OC. The fourth-order valence-electron chi connectivity index (χ4n) is 4.78. The maximum absolute atomic E-state index is 14.0. The molecule has 0 spiro atoms. The molecule has 0 aliphatic carbocycles. The number of esters is 1. The van der Waals surface area contributed by atoms with Crippen molar-refractivity contribution in [2.24, 2.45) is 4.99 Å². The number of carbonyl (C=O) groups excluding carboxylic acids is 1. The van der Waals surface area contributed by atoms with Crippen LogP contribution >= 0.6 is 38.9 Å². The van der Waals surface area contributed by atoms with Gasteiger partial charge in [-0.1, -0.05) is 47.2 Å². The number of hydrogen-bond donors (Lipinski definition) is 0. The van der Waals surface area contributed by atoms with Crippen LogP contribution in [-0.2, 0) is 16.1 Å². The fourth-order valence-corrected chi connectivity index (χ4v) is 6.52. The molecular weight excluding hydrogens is 656 g/mol. The summed E-state index contributed by atoms with van der Waals surface area (Å²) >= 11 is 11.1. The predicted octanol–water partition coefficient (Wildman–Crippen LogP) is 5.81. The van der Waals surface area contributed by atoms with E-state index >= 15 is 0 Å². The topological polar surface area (TPSA) is 88.4 Å². The first-order valence-electron chi connectivity index (χ1n) is 13.3. The monoisotopic (exact) mass is 682 g/mol. The first kappa shape index (κ1) is 30.6. The van der Waals surface area contributed by atoms with Crippen molar-refractivity contribution in [3.63, 3.8) is 0 Å². The van der Waals surface area contributed by atoms with E-state index in [-0.39, 0.29) is 17.7 Å². The molecule has 1 aliphatic rings. The summed E-state index contributed by atoms with van der Waals surface area (Å²) in [5.41, 5.74) is 2.71. The summed E-state index contributed by atoms with van der Waals surface area (Å²) < 4.78 is 25.1. The predicted molar refractivity (Wildman–Crippen MR) is 170 cm³/mol. The number of rotatable bonds is 9. The second-order valence-corrected chi connectivity index (χ2v) is 11.8. The van der Waals surface area contributed by atoms with E-state index in [1.54, 1.807) is 45.2 Å². The molecule has 2 heterocycles. The number of halogens is 2. The standard InChI is InChI=1S/C32H28BrClN2O6S/c1-5-41-31(38)28-18(2)35-32-36(29(28)22-12-11-21(39-3)16-26(22)40-4)30(37)27(43-32)15-19-10-13-25(23(33)14-19)42-17-20-8-6-7-9-24(20)34/h6-16,29H,5,17H2,1-4H3/b27-15-/t29-/m1/s1. The van der Waals surface area contributed by atoms with Gasteiger partial charge in [0.05, 0.1) is 41.1 Å². The third-order valence-corrected chi connectivity index (χ3v) is 8.82. The molecule has 43 heavy (non-hydrogen) atoms. The Balaban J connectivity index is 1.57. The lowest BCUT2D eigenvalue weighted by molar-refractivity contribution is -0.139. The number of thiazole rings is 1. The highest BCUT2D eigenvalue weighted by atomic mass is 79.9. The largest absolute Gasteiger partial charge is 0.497 e. The molecule has 0 fully saturated rings. The molecule has 3 aromatic carbocycles. The first-order valence-corrected chi connectivity index (χ1v) is 15.3. The van der Waals surface area contributed by atoms with Crippen LogP contribution in [0.5, 0.6) is 17.2 Å². The third-order valence-electron chi connectivity index (χ3n) is 6.85. The van der Waals surface area contributed by atoms with Crippen molar-refractivity contribution < 1.29 is 23.7 Å². The van der Waals surface area contributed by atoms with E-state index in [2.05, 4.69) is 20.9 Å². The van der Waals surface area contributed by atoms with Crippen LogP contribution in [0.15, 0.2) is 86.2 Å². The molecule has 0 amide bonds. The minimum Gasteiger partial charge on any atom is -0.497 e. The number of fused-ring (bicyclic) bond motifs is 1. The minimum absolute atomic E-state index is 0.180. The van der Waals surface area contributed by atoms with Crippen LogP contribution in [0.3, 0.4) is 0 Å². The van der Waals surface area contributed by atoms with Crippen molar-refractivity contribution in [3.8, 4) is 17.2 Å². The van der Waals surface area contributed by atoms with Gasteiger partial charge in [0.1, 0.15) is 29.9 Å². The van der Waals surface area contributed by atoms with Gasteiger partial charge < -0.3 is 18.9 Å². The van der Waals surface area contributed by atoms with Gasteiger partial charge in [0.15, 0.2) is 4.80 Å². The summed E-state index contributed by atoms with van der Waals surface area (Å²) in [6.07, 6.45) is 1.79. The number of methoxy groups -OCH3 is 2. The molecule has 0 bridgehead atoms. The van der Waals surface area contributed by atoms with Crippen LogP contribution in [0.25, 0.3) is 6.08 Å². The number of ether oxygens (including phenoxy) is 4. The lowest BCUT2D eigenvalue weighted by Crippen LogP contribution is -2.40. The Morgan fingerprint density at radius 3 is 2.58 bits per heavy atom. The van der Waals surface area contributed by atoms with E-state index in [1.165, 1.54) is 23.0 Å². The number of benzene rings is 3. The molecule has 0 saturated carbocycles. The molecule has 222 valence electrons. The molecule has 5 rings (SSSR count). The summed E-state index contributed by atoms with van der Waals surface area (Å²) in [4.78, 5) is 32.3. The Morgan fingerprint density at radius 1 is 1.09 bits per heavy atom. The molecule has 8 nitrogen and oxygen atoms in total. The van der Waals surface area contributed by atoms with E-state index in [1.807, 2.05) is 42.5 Å². The van der Waals surface area contributed by atoms with E-state index in [4.69, 9.17) is 30.5 Å². The second-order valence-electron chi connectivity index (χ2n) is 9.48. The van der Waals surface area contributed by atoms with Crippen molar-refractivity contribution in [2.45, 2.75) is 26.5 Å². The van der Waals surface area contributed by atoms with Gasteiger partial charge in [-0.15, -0.1) is 0 Å². The summed E-state index contributed by atoms with van der Waals surface area (Å²) in [5.74, 6) is 1.14. The number of allylic oxidation sites excluding steroid dienone is 1. The molecule has 4 aromatic rings. The van der Waals surface area contributed by atoms with Crippen molar-refractivity contribution in [1.82, 2.24) is 4.57 Å². The fraction of sp³-hybridized carbons (Fsp3) is 0.219. The van der Waals surface area contributed by atoms with Crippen molar-refractivity contribution in [2.75, 3.05) is 20.8 Å². The highest BCUT2D eigenvalue weighted by Crippen LogP contribution is 2.37. The second kappa shape index (κ2) is 13.2. The quantitative estimate of drug-likeness (QED) is 0.207. The average Bonchev–Trinajstić information content (AvgIpc) is 3.30.